The third-order valence-corrected chi connectivity index (χ3v) is 4.06. The van der Waals surface area contributed by atoms with Crippen LogP contribution in [0.3, 0.4) is 0 Å². The van der Waals surface area contributed by atoms with Crippen molar-refractivity contribution in [1.82, 2.24) is 4.72 Å². The van der Waals surface area contributed by atoms with Crippen molar-refractivity contribution >= 4 is 10.0 Å². The van der Waals surface area contributed by atoms with Gasteiger partial charge in [0, 0.05) is 12.6 Å². The fourth-order valence-electron chi connectivity index (χ4n) is 1.86. The van der Waals surface area contributed by atoms with Crippen LogP contribution < -0.4 is 10.5 Å². The van der Waals surface area contributed by atoms with E-state index in [0.717, 1.165) is 0 Å². The summed E-state index contributed by atoms with van der Waals surface area (Å²) in [5.74, 6) is -0.183. The maximum atomic E-state index is 12.7. The summed E-state index contributed by atoms with van der Waals surface area (Å²) in [7, 11) is -3.46. The van der Waals surface area contributed by atoms with Gasteiger partial charge in [-0.25, -0.2) is 17.5 Å². The lowest BCUT2D eigenvalue weighted by atomic mass is 10.1. The Labute approximate surface area is 114 Å². The number of benzene rings is 1. The lowest BCUT2D eigenvalue weighted by molar-refractivity contribution is 0.465. The maximum absolute atomic E-state index is 12.7. The molecule has 0 aliphatic heterocycles. The molecule has 1 atom stereocenters. The lowest BCUT2D eigenvalue weighted by Gasteiger charge is -2.18. The molecule has 1 aromatic rings. The Kier molecular flexibility index (Phi) is 5.90. The summed E-state index contributed by atoms with van der Waals surface area (Å²) >= 11 is 0. The minimum Gasteiger partial charge on any atom is -0.329 e. The zero-order chi connectivity index (χ0) is 14.5. The van der Waals surface area contributed by atoms with Crippen LogP contribution >= 0.6 is 0 Å². The topological polar surface area (TPSA) is 72.2 Å². The number of hydrogen-bond donors (Lipinski definition) is 2. The van der Waals surface area contributed by atoms with Crippen molar-refractivity contribution in [3.8, 4) is 0 Å². The number of rotatable bonds is 7. The van der Waals surface area contributed by atoms with Gasteiger partial charge in [0.15, 0.2) is 0 Å². The summed E-state index contributed by atoms with van der Waals surface area (Å²) in [4.78, 5) is 0. The van der Waals surface area contributed by atoms with E-state index in [-0.39, 0.29) is 24.2 Å². The van der Waals surface area contributed by atoms with Gasteiger partial charge in [0.2, 0.25) is 10.0 Å². The lowest BCUT2D eigenvalue weighted by Crippen LogP contribution is -2.41. The maximum Gasteiger partial charge on any atom is 0.216 e. The van der Waals surface area contributed by atoms with Crippen molar-refractivity contribution in [2.75, 3.05) is 6.54 Å². The molecule has 0 saturated carbocycles. The summed E-state index contributed by atoms with van der Waals surface area (Å²) in [5.41, 5.74) is 6.12. The average Bonchev–Trinajstić information content (AvgIpc) is 2.30. The molecular formula is C13H21FN2O2S. The van der Waals surface area contributed by atoms with Gasteiger partial charge in [-0.1, -0.05) is 26.0 Å². The van der Waals surface area contributed by atoms with E-state index in [0.29, 0.717) is 17.9 Å². The molecule has 0 radical (unpaired) electrons. The van der Waals surface area contributed by atoms with Crippen LogP contribution in [0.4, 0.5) is 4.39 Å². The minimum absolute atomic E-state index is 0.165. The molecule has 0 bridgehead atoms. The minimum atomic E-state index is -3.46. The standard InChI is InChI=1S/C13H21FN2O2S/c1-10(2)7-13(8-15)16-19(17,18)9-11-3-5-12(14)6-4-11/h3-6,10,13,16H,7-9,15H2,1-2H3. The molecule has 1 aromatic carbocycles. The van der Waals surface area contributed by atoms with Crippen molar-refractivity contribution in [3.05, 3.63) is 35.6 Å². The molecule has 1 rings (SSSR count). The highest BCUT2D eigenvalue weighted by Gasteiger charge is 2.18. The molecule has 19 heavy (non-hydrogen) atoms. The Morgan fingerprint density at radius 3 is 2.32 bits per heavy atom. The first-order valence-corrected chi connectivity index (χ1v) is 7.92. The first-order chi connectivity index (χ1) is 8.82. The molecule has 0 aliphatic rings. The molecule has 0 amide bonds. The number of nitrogens with two attached hydrogens (primary N) is 1. The first kappa shape index (κ1) is 16.1. The molecule has 0 aromatic heterocycles. The van der Waals surface area contributed by atoms with E-state index in [1.54, 1.807) is 0 Å². The molecule has 4 nitrogen and oxygen atoms in total. The van der Waals surface area contributed by atoms with Crippen molar-refractivity contribution < 1.29 is 12.8 Å². The summed E-state index contributed by atoms with van der Waals surface area (Å²) in [6.07, 6.45) is 0.694. The molecule has 0 heterocycles. The summed E-state index contributed by atoms with van der Waals surface area (Å²) in [6.45, 7) is 4.29. The van der Waals surface area contributed by atoms with Gasteiger partial charge >= 0.3 is 0 Å². The van der Waals surface area contributed by atoms with Gasteiger partial charge in [-0.15, -0.1) is 0 Å². The third kappa shape index (κ3) is 6.13. The van der Waals surface area contributed by atoms with Crippen LogP contribution in [0.2, 0.25) is 0 Å². The van der Waals surface area contributed by atoms with Crippen LogP contribution in [0, 0.1) is 11.7 Å². The fraction of sp³-hybridized carbons (Fsp3) is 0.538. The monoisotopic (exact) mass is 288 g/mol. The largest absolute Gasteiger partial charge is 0.329 e. The summed E-state index contributed by atoms with van der Waals surface area (Å²) in [5, 5.41) is 0. The van der Waals surface area contributed by atoms with E-state index in [1.165, 1.54) is 24.3 Å². The summed E-state index contributed by atoms with van der Waals surface area (Å²) in [6, 6.07) is 5.17. The fourth-order valence-corrected chi connectivity index (χ4v) is 3.27. The van der Waals surface area contributed by atoms with Crippen LogP contribution in [-0.2, 0) is 15.8 Å². The van der Waals surface area contributed by atoms with E-state index in [4.69, 9.17) is 5.73 Å². The van der Waals surface area contributed by atoms with Crippen LogP contribution in [0.5, 0.6) is 0 Å². The van der Waals surface area contributed by atoms with Gasteiger partial charge in [0.1, 0.15) is 5.82 Å². The molecule has 0 saturated heterocycles. The normalized spacial score (nSPS) is 13.7. The Hall–Kier alpha value is -0.980. The van der Waals surface area contributed by atoms with Gasteiger partial charge in [-0.2, -0.15) is 0 Å². The Bertz CT molecular complexity index is 486. The Morgan fingerprint density at radius 1 is 1.26 bits per heavy atom. The molecule has 0 fully saturated rings. The second kappa shape index (κ2) is 6.98. The quantitative estimate of drug-likeness (QED) is 0.801. The van der Waals surface area contributed by atoms with Crippen LogP contribution in [0.15, 0.2) is 24.3 Å². The number of hydrogen-bond acceptors (Lipinski definition) is 3. The molecule has 1 unspecified atom stereocenters. The second-order valence-electron chi connectivity index (χ2n) is 5.07. The van der Waals surface area contributed by atoms with Gasteiger partial charge in [-0.3, -0.25) is 0 Å². The predicted octanol–water partition coefficient (Wildman–Crippen LogP) is 1.62. The number of nitrogens with one attached hydrogen (secondary N) is 1. The second-order valence-corrected chi connectivity index (χ2v) is 6.82. The zero-order valence-electron chi connectivity index (χ0n) is 11.3. The Balaban J connectivity index is 2.67. The molecule has 0 aliphatic carbocycles. The molecule has 6 heteroatoms. The van der Waals surface area contributed by atoms with Gasteiger partial charge in [-0.05, 0) is 30.0 Å². The van der Waals surface area contributed by atoms with E-state index < -0.39 is 10.0 Å². The number of halogens is 1. The van der Waals surface area contributed by atoms with Gasteiger partial charge < -0.3 is 5.73 Å². The molecule has 108 valence electrons. The molecular weight excluding hydrogens is 267 g/mol. The van der Waals surface area contributed by atoms with Gasteiger partial charge in [0.25, 0.3) is 0 Å². The van der Waals surface area contributed by atoms with E-state index in [9.17, 15) is 12.8 Å². The van der Waals surface area contributed by atoms with Crippen molar-refractivity contribution in [3.63, 3.8) is 0 Å². The molecule has 3 N–H and O–H groups in total. The Morgan fingerprint density at radius 2 is 1.84 bits per heavy atom. The number of sulfonamides is 1. The highest BCUT2D eigenvalue weighted by atomic mass is 32.2. The van der Waals surface area contributed by atoms with Crippen molar-refractivity contribution in [1.29, 1.82) is 0 Å². The van der Waals surface area contributed by atoms with E-state index >= 15 is 0 Å². The van der Waals surface area contributed by atoms with Crippen LogP contribution in [-0.4, -0.2) is 21.0 Å². The van der Waals surface area contributed by atoms with E-state index in [1.807, 2.05) is 13.8 Å². The zero-order valence-corrected chi connectivity index (χ0v) is 12.1. The van der Waals surface area contributed by atoms with Crippen LogP contribution in [0.1, 0.15) is 25.8 Å². The SMILES string of the molecule is CC(C)CC(CN)NS(=O)(=O)Cc1ccc(F)cc1. The predicted molar refractivity (Wildman–Crippen MR) is 74.5 cm³/mol. The van der Waals surface area contributed by atoms with Crippen LogP contribution in [0.25, 0.3) is 0 Å². The van der Waals surface area contributed by atoms with Crippen molar-refractivity contribution in [2.24, 2.45) is 11.7 Å². The van der Waals surface area contributed by atoms with E-state index in [2.05, 4.69) is 4.72 Å². The average molecular weight is 288 g/mol. The highest BCUT2D eigenvalue weighted by molar-refractivity contribution is 7.88. The van der Waals surface area contributed by atoms with Gasteiger partial charge in [0.05, 0.1) is 5.75 Å². The van der Waals surface area contributed by atoms with Crippen molar-refractivity contribution in [2.45, 2.75) is 32.1 Å². The summed E-state index contributed by atoms with van der Waals surface area (Å²) < 4.78 is 39.3. The smallest absolute Gasteiger partial charge is 0.216 e. The third-order valence-electron chi connectivity index (χ3n) is 2.66. The first-order valence-electron chi connectivity index (χ1n) is 6.27. The molecule has 0 spiro atoms. The highest BCUT2D eigenvalue weighted by Crippen LogP contribution is 2.09.